The van der Waals surface area contributed by atoms with Gasteiger partial charge in [0.1, 0.15) is 24.2 Å². The van der Waals surface area contributed by atoms with E-state index in [1.807, 2.05) is 102 Å². The lowest BCUT2D eigenvalue weighted by atomic mass is 9.85. The third-order valence-corrected chi connectivity index (χ3v) is 13.7. The first-order valence-corrected chi connectivity index (χ1v) is 25.2. The number of likely N-dealkylation sites (tertiary alicyclic amines) is 2. The number of likely N-dealkylation sites (N-methyl/N-ethyl adjacent to an activating group) is 2. The van der Waals surface area contributed by atoms with E-state index in [0.29, 0.717) is 31.5 Å². The van der Waals surface area contributed by atoms with Crippen LogP contribution in [0.2, 0.25) is 0 Å². The van der Waals surface area contributed by atoms with Gasteiger partial charge in [-0.15, -0.1) is 0 Å². The fraction of sp³-hybridized carbons (Fsp3) is 0.527. The Bertz CT molecular complexity index is 2200. The summed E-state index contributed by atoms with van der Waals surface area (Å²) in [6.45, 7) is 15.3. The van der Waals surface area contributed by atoms with Gasteiger partial charge in [0.15, 0.2) is 5.78 Å². The Morgan fingerprint density at radius 3 is 1.42 bits per heavy atom. The van der Waals surface area contributed by atoms with Crippen LogP contribution in [0.25, 0.3) is 0 Å². The first-order chi connectivity index (χ1) is 34.0. The molecular formula is C55H77N9O8. The minimum Gasteiger partial charge on any atom is -0.354 e. The molecule has 2 heterocycles. The molecular weight excluding hydrogens is 915 g/mol. The Morgan fingerprint density at radius 1 is 0.569 bits per heavy atom. The van der Waals surface area contributed by atoms with Crippen LogP contribution in [0.3, 0.4) is 0 Å². The number of Topliss-reactive ketones (excluding diaryl/α,β-unsaturated/α-hetero) is 1. The second kappa shape index (κ2) is 25.3. The SMILES string of the molecule is CN[C@@H](C)C(=O)N[C@H](C(=O)N1C[C@@H](CC(=O)c2ccc(C(=O)N[C@H]3C[C@@H](C(=O)NCCc4ccccc4)N(C(=O)[C@@H](NC(=O)[C@H](C)NC)C(C)(C)C)C3)cc2)C[C@H]1C(=O)NCCc1ccccc1)C(C)(C)C. The molecule has 2 saturated heterocycles. The van der Waals surface area contributed by atoms with Crippen molar-refractivity contribution in [2.75, 3.05) is 40.3 Å². The highest BCUT2D eigenvalue weighted by molar-refractivity contribution is 6.00. The first kappa shape index (κ1) is 56.5. The highest BCUT2D eigenvalue weighted by Crippen LogP contribution is 2.32. The molecule has 2 aliphatic heterocycles. The average Bonchev–Trinajstić information content (AvgIpc) is 3.98. The lowest BCUT2D eigenvalue weighted by Crippen LogP contribution is -2.59. The van der Waals surface area contributed by atoms with E-state index in [1.165, 1.54) is 9.80 Å². The summed E-state index contributed by atoms with van der Waals surface area (Å²) in [7, 11) is 3.30. The molecule has 0 bridgehead atoms. The zero-order chi connectivity index (χ0) is 52.9. The van der Waals surface area contributed by atoms with Crippen LogP contribution < -0.4 is 37.2 Å². The van der Waals surface area contributed by atoms with Crippen LogP contribution in [0.15, 0.2) is 84.9 Å². The molecule has 7 N–H and O–H groups in total. The third kappa shape index (κ3) is 15.3. The van der Waals surface area contributed by atoms with Gasteiger partial charge in [-0.2, -0.15) is 0 Å². The fourth-order valence-corrected chi connectivity index (χ4v) is 9.06. The predicted molar refractivity (Wildman–Crippen MR) is 276 cm³/mol. The Balaban J connectivity index is 1.28. The molecule has 0 aliphatic carbocycles. The number of ketones is 1. The molecule has 390 valence electrons. The molecule has 5 rings (SSSR count). The maximum absolute atomic E-state index is 14.4. The molecule has 0 radical (unpaired) electrons. The number of carbonyl (C=O) groups is 8. The summed E-state index contributed by atoms with van der Waals surface area (Å²) < 4.78 is 0. The van der Waals surface area contributed by atoms with Crippen LogP contribution in [0, 0.1) is 16.7 Å². The summed E-state index contributed by atoms with van der Waals surface area (Å²) in [5, 5.41) is 20.5. The second-order valence-electron chi connectivity index (χ2n) is 21.4. The quantitative estimate of drug-likeness (QED) is 0.0772. The largest absolute Gasteiger partial charge is 0.354 e. The zero-order valence-corrected chi connectivity index (χ0v) is 43.7. The molecule has 17 nitrogen and oxygen atoms in total. The Kier molecular flexibility index (Phi) is 19.8. The summed E-state index contributed by atoms with van der Waals surface area (Å²) in [4.78, 5) is 113. The molecule has 3 aromatic carbocycles. The van der Waals surface area contributed by atoms with Gasteiger partial charge in [0.25, 0.3) is 5.91 Å². The fourth-order valence-electron chi connectivity index (χ4n) is 9.06. The van der Waals surface area contributed by atoms with Crippen molar-refractivity contribution in [1.29, 1.82) is 0 Å². The lowest BCUT2D eigenvalue weighted by Gasteiger charge is -2.36. The Labute approximate surface area is 425 Å². The summed E-state index contributed by atoms with van der Waals surface area (Å²) in [6, 6.07) is 20.1. The number of nitrogens with zero attached hydrogens (tertiary/aromatic N) is 2. The van der Waals surface area contributed by atoms with Crippen LogP contribution in [-0.2, 0) is 41.6 Å². The van der Waals surface area contributed by atoms with Crippen molar-refractivity contribution in [1.82, 2.24) is 47.0 Å². The molecule has 2 aliphatic rings. The topological polar surface area (TPSA) is 227 Å². The number of nitrogens with one attached hydrogen (secondary N) is 7. The van der Waals surface area contributed by atoms with E-state index in [-0.39, 0.29) is 73.2 Å². The van der Waals surface area contributed by atoms with Crippen LogP contribution in [0.5, 0.6) is 0 Å². The van der Waals surface area contributed by atoms with Gasteiger partial charge >= 0.3 is 0 Å². The summed E-state index contributed by atoms with van der Waals surface area (Å²) in [5.41, 5.74) is 1.26. The van der Waals surface area contributed by atoms with Gasteiger partial charge in [0.05, 0.1) is 12.1 Å². The smallest absolute Gasteiger partial charge is 0.251 e. The van der Waals surface area contributed by atoms with Gasteiger partial charge < -0.3 is 47.0 Å². The molecule has 2 fully saturated rings. The number of benzene rings is 3. The van der Waals surface area contributed by atoms with Crippen molar-refractivity contribution in [2.45, 2.75) is 130 Å². The van der Waals surface area contributed by atoms with Gasteiger partial charge in [-0.25, -0.2) is 0 Å². The maximum atomic E-state index is 14.4. The van der Waals surface area contributed by atoms with Crippen molar-refractivity contribution < 1.29 is 38.4 Å². The second-order valence-corrected chi connectivity index (χ2v) is 21.4. The monoisotopic (exact) mass is 992 g/mol. The van der Waals surface area contributed by atoms with Crippen molar-refractivity contribution in [3.05, 3.63) is 107 Å². The van der Waals surface area contributed by atoms with Gasteiger partial charge in [-0.05, 0) is 93.6 Å². The average molecular weight is 992 g/mol. The molecule has 7 amide bonds. The third-order valence-electron chi connectivity index (χ3n) is 13.7. The maximum Gasteiger partial charge on any atom is 0.251 e. The van der Waals surface area contributed by atoms with Crippen LogP contribution >= 0.6 is 0 Å². The first-order valence-electron chi connectivity index (χ1n) is 25.2. The summed E-state index contributed by atoms with van der Waals surface area (Å²) >= 11 is 0. The standard InChI is InChI=1S/C55H77N9O8/c1-34(56-9)47(66)61-45(54(3,4)5)52(71)63-32-38(29-42(63)50(69)58-27-25-36-17-13-11-14-18-36)30-44(65)39-21-23-40(24-22-39)49(68)60-41-31-43(51(70)59-28-26-37-19-15-12-16-20-37)64(33-41)53(72)46(55(6,7)8)62-48(67)35(2)57-10/h11-24,34-35,38,41-43,45-46,56-57H,25-33H2,1-10H3,(H,58,69)(H,59,70)(H,60,68)(H,61,66)(H,62,67)/t34-,35-,38+,41-,42-,43-,45+,46+/m0/s1. The van der Waals surface area contributed by atoms with Crippen LogP contribution in [-0.4, -0.2) is 140 Å². The van der Waals surface area contributed by atoms with Crippen molar-refractivity contribution in [3.63, 3.8) is 0 Å². The molecule has 0 aromatic heterocycles. The molecule has 0 saturated carbocycles. The molecule has 0 unspecified atom stereocenters. The van der Waals surface area contributed by atoms with Gasteiger partial charge in [0.2, 0.25) is 35.4 Å². The van der Waals surface area contributed by atoms with Crippen molar-refractivity contribution in [3.8, 4) is 0 Å². The van der Waals surface area contributed by atoms with Crippen molar-refractivity contribution >= 4 is 47.1 Å². The van der Waals surface area contributed by atoms with E-state index in [9.17, 15) is 38.4 Å². The number of rotatable bonds is 21. The minimum atomic E-state index is -0.971. The molecule has 8 atom stereocenters. The number of hydrogen-bond donors (Lipinski definition) is 7. The van der Waals surface area contributed by atoms with E-state index in [4.69, 9.17) is 0 Å². The van der Waals surface area contributed by atoms with Gasteiger partial charge in [-0.1, -0.05) is 114 Å². The van der Waals surface area contributed by atoms with Gasteiger partial charge in [0, 0.05) is 49.8 Å². The predicted octanol–water partition coefficient (Wildman–Crippen LogP) is 3.17. The Hall–Kier alpha value is -6.46. The molecule has 0 spiro atoms. The summed E-state index contributed by atoms with van der Waals surface area (Å²) in [6.07, 6.45) is 1.56. The van der Waals surface area contributed by atoms with E-state index in [2.05, 4.69) is 37.2 Å². The molecule has 3 aromatic rings. The van der Waals surface area contributed by atoms with Gasteiger partial charge in [-0.3, -0.25) is 38.4 Å². The molecule has 72 heavy (non-hydrogen) atoms. The lowest BCUT2D eigenvalue weighted by molar-refractivity contribution is -0.144. The van der Waals surface area contributed by atoms with Crippen LogP contribution in [0.1, 0.15) is 106 Å². The normalized spacial score (nSPS) is 19.6. The number of carbonyl (C=O) groups excluding carboxylic acids is 8. The van der Waals surface area contributed by atoms with Crippen molar-refractivity contribution in [2.24, 2.45) is 16.7 Å². The van der Waals surface area contributed by atoms with Crippen LogP contribution in [0.4, 0.5) is 0 Å². The van der Waals surface area contributed by atoms with E-state index in [0.717, 1.165) is 11.1 Å². The zero-order valence-electron chi connectivity index (χ0n) is 43.7. The van der Waals surface area contributed by atoms with E-state index >= 15 is 0 Å². The van der Waals surface area contributed by atoms with E-state index in [1.54, 1.807) is 52.2 Å². The highest BCUT2D eigenvalue weighted by Gasteiger charge is 2.47. The summed E-state index contributed by atoms with van der Waals surface area (Å²) in [5.74, 6) is -3.34. The number of hydrogen-bond acceptors (Lipinski definition) is 10. The molecule has 17 heteroatoms. The Morgan fingerprint density at radius 2 is 0.986 bits per heavy atom. The number of amides is 7. The van der Waals surface area contributed by atoms with E-state index < -0.39 is 70.8 Å². The minimum absolute atomic E-state index is 0.0207. The highest BCUT2D eigenvalue weighted by atomic mass is 16.2.